The van der Waals surface area contributed by atoms with Crippen LogP contribution in [0.1, 0.15) is 19.4 Å². The van der Waals surface area contributed by atoms with Gasteiger partial charge in [-0.25, -0.2) is 0 Å². The Labute approximate surface area is 104 Å². The first-order chi connectivity index (χ1) is 7.94. The summed E-state index contributed by atoms with van der Waals surface area (Å²) in [4.78, 5) is 0. The lowest BCUT2D eigenvalue weighted by Gasteiger charge is -2.44. The number of hydrogen-bond acceptors (Lipinski definition) is 2. The Morgan fingerprint density at radius 2 is 2.18 bits per heavy atom. The van der Waals surface area contributed by atoms with Gasteiger partial charge in [-0.05, 0) is 0 Å². The van der Waals surface area contributed by atoms with E-state index in [1.807, 2.05) is 6.20 Å². The summed E-state index contributed by atoms with van der Waals surface area (Å²) in [6.07, 6.45) is 4.15. The van der Waals surface area contributed by atoms with Crippen LogP contribution in [0.5, 0.6) is 0 Å². The summed E-state index contributed by atoms with van der Waals surface area (Å²) in [6, 6.07) is 0.531. The molecule has 1 aliphatic rings. The van der Waals surface area contributed by atoms with Crippen LogP contribution >= 0.6 is 0 Å². The Morgan fingerprint density at radius 3 is 2.76 bits per heavy atom. The van der Waals surface area contributed by atoms with Crippen LogP contribution in [0.3, 0.4) is 0 Å². The normalized spacial score (nSPS) is 19.6. The molecule has 4 heteroatoms. The third-order valence-corrected chi connectivity index (χ3v) is 3.35. The summed E-state index contributed by atoms with van der Waals surface area (Å²) >= 11 is 0. The molecule has 0 spiro atoms. The molecule has 0 atom stereocenters. The largest absolute Gasteiger partial charge is 0.328 e. The molecule has 0 bridgehead atoms. The van der Waals surface area contributed by atoms with Crippen LogP contribution in [-0.2, 0) is 13.1 Å². The van der Waals surface area contributed by atoms with E-state index in [0.29, 0.717) is 6.04 Å². The van der Waals surface area contributed by atoms with Gasteiger partial charge in [0.25, 0.3) is 0 Å². The van der Waals surface area contributed by atoms with Crippen LogP contribution in [0.2, 0.25) is 0 Å². The average Bonchev–Trinajstić information content (AvgIpc) is 2.60. The van der Waals surface area contributed by atoms with Gasteiger partial charge < -0.3 is 9.80 Å². The van der Waals surface area contributed by atoms with E-state index in [1.165, 1.54) is 18.7 Å². The van der Waals surface area contributed by atoms with Crippen LogP contribution in [0.15, 0.2) is 12.4 Å². The van der Waals surface area contributed by atoms with Gasteiger partial charge in [-0.2, -0.15) is 5.10 Å². The molecule has 0 aromatic carbocycles. The minimum atomic E-state index is 0.531. The fourth-order valence-corrected chi connectivity index (χ4v) is 2.64. The molecule has 0 unspecified atom stereocenters. The first kappa shape index (κ1) is 12.6. The molecular formula is C13H25N4+. The average molecular weight is 237 g/mol. The zero-order valence-electron chi connectivity index (χ0n) is 11.5. The van der Waals surface area contributed by atoms with E-state index in [4.69, 9.17) is 0 Å². The van der Waals surface area contributed by atoms with E-state index in [2.05, 4.69) is 49.2 Å². The molecule has 4 nitrogen and oxygen atoms in total. The maximum Gasteiger partial charge on any atom is 0.0884 e. The summed E-state index contributed by atoms with van der Waals surface area (Å²) in [5.74, 6) is 0.802. The van der Waals surface area contributed by atoms with Crippen molar-refractivity contribution in [2.45, 2.75) is 33.0 Å². The van der Waals surface area contributed by atoms with Crippen LogP contribution in [0.25, 0.3) is 0 Å². The molecule has 1 fully saturated rings. The van der Waals surface area contributed by atoms with E-state index in [9.17, 15) is 0 Å². The Hall–Kier alpha value is -0.870. The minimum absolute atomic E-state index is 0.531. The molecule has 0 aliphatic carbocycles. The van der Waals surface area contributed by atoms with Crippen LogP contribution < -0.4 is 5.32 Å². The van der Waals surface area contributed by atoms with E-state index in [-0.39, 0.29) is 0 Å². The van der Waals surface area contributed by atoms with Crippen LogP contribution in [-0.4, -0.2) is 47.5 Å². The zero-order chi connectivity index (χ0) is 12.5. The van der Waals surface area contributed by atoms with Crippen molar-refractivity contribution >= 4 is 0 Å². The molecule has 1 saturated heterocycles. The lowest BCUT2D eigenvalue weighted by molar-refractivity contribution is -0.939. The van der Waals surface area contributed by atoms with Crippen LogP contribution in [0.4, 0.5) is 0 Å². The number of rotatable bonds is 5. The standard InChI is InChI=1S/C13H25N4/c1-11(2)14-5-12-6-15-16(7-12)8-13-9-17(3,4)10-13/h6-7,11,13-14H,5,8-10H2,1-4H3/q+1. The lowest BCUT2D eigenvalue weighted by atomic mass is 9.98. The van der Waals surface area contributed by atoms with Gasteiger partial charge in [0.1, 0.15) is 0 Å². The summed E-state index contributed by atoms with van der Waals surface area (Å²) in [5.41, 5.74) is 1.28. The Kier molecular flexibility index (Phi) is 3.54. The number of aromatic nitrogens is 2. The smallest absolute Gasteiger partial charge is 0.0884 e. The van der Waals surface area contributed by atoms with Crippen molar-refractivity contribution in [2.24, 2.45) is 5.92 Å². The third kappa shape index (κ3) is 3.54. The molecule has 1 N–H and O–H groups in total. The van der Waals surface area contributed by atoms with Crippen molar-refractivity contribution in [3.63, 3.8) is 0 Å². The van der Waals surface area contributed by atoms with Crippen LogP contribution in [0, 0.1) is 5.92 Å². The van der Waals surface area contributed by atoms with Crippen molar-refractivity contribution < 1.29 is 4.48 Å². The first-order valence-electron chi connectivity index (χ1n) is 6.51. The number of nitrogens with one attached hydrogen (secondary N) is 1. The van der Waals surface area contributed by atoms with Crippen molar-refractivity contribution in [1.29, 1.82) is 0 Å². The zero-order valence-corrected chi connectivity index (χ0v) is 11.5. The number of likely N-dealkylation sites (tertiary alicyclic amines) is 1. The highest BCUT2D eigenvalue weighted by Crippen LogP contribution is 2.21. The van der Waals surface area contributed by atoms with Gasteiger partial charge in [0.05, 0.1) is 45.8 Å². The predicted molar refractivity (Wildman–Crippen MR) is 69.5 cm³/mol. The predicted octanol–water partition coefficient (Wildman–Crippen LogP) is 1.09. The number of hydrogen-bond donors (Lipinski definition) is 1. The van der Waals surface area contributed by atoms with Crippen molar-refractivity contribution in [3.8, 4) is 0 Å². The SMILES string of the molecule is CC(C)NCc1cnn(CC2C[N+](C)(C)C2)c1. The Balaban J connectivity index is 1.79. The molecule has 96 valence electrons. The van der Waals surface area contributed by atoms with Crippen molar-refractivity contribution in [2.75, 3.05) is 27.2 Å². The monoisotopic (exact) mass is 237 g/mol. The molecule has 2 heterocycles. The molecule has 2 rings (SSSR count). The van der Waals surface area contributed by atoms with E-state index in [1.54, 1.807) is 0 Å². The van der Waals surface area contributed by atoms with Crippen molar-refractivity contribution in [1.82, 2.24) is 15.1 Å². The van der Waals surface area contributed by atoms with E-state index in [0.717, 1.165) is 23.5 Å². The summed E-state index contributed by atoms with van der Waals surface area (Å²) in [6.45, 7) is 8.88. The molecule has 0 amide bonds. The second-order valence-corrected chi connectivity index (χ2v) is 6.27. The van der Waals surface area contributed by atoms with Gasteiger partial charge in [-0.15, -0.1) is 0 Å². The summed E-state index contributed by atoms with van der Waals surface area (Å²) in [7, 11) is 4.58. The van der Waals surface area contributed by atoms with E-state index >= 15 is 0 Å². The lowest BCUT2D eigenvalue weighted by Crippen LogP contribution is -2.59. The second-order valence-electron chi connectivity index (χ2n) is 6.27. The van der Waals surface area contributed by atoms with Crippen molar-refractivity contribution in [3.05, 3.63) is 18.0 Å². The maximum atomic E-state index is 4.43. The summed E-state index contributed by atoms with van der Waals surface area (Å²) < 4.78 is 3.26. The highest BCUT2D eigenvalue weighted by molar-refractivity contribution is 5.03. The van der Waals surface area contributed by atoms with Gasteiger partial charge in [0.2, 0.25) is 0 Å². The van der Waals surface area contributed by atoms with Gasteiger partial charge >= 0.3 is 0 Å². The van der Waals surface area contributed by atoms with Gasteiger partial charge in [0, 0.05) is 24.3 Å². The fraction of sp³-hybridized carbons (Fsp3) is 0.769. The van der Waals surface area contributed by atoms with Gasteiger partial charge in [-0.3, -0.25) is 4.68 Å². The highest BCUT2D eigenvalue weighted by Gasteiger charge is 2.36. The Bertz CT molecular complexity index is 359. The quantitative estimate of drug-likeness (QED) is 0.777. The molecule has 17 heavy (non-hydrogen) atoms. The minimum Gasteiger partial charge on any atom is -0.328 e. The number of nitrogens with zero attached hydrogens (tertiary/aromatic N) is 3. The molecule has 1 aromatic rings. The molecule has 1 aliphatic heterocycles. The second kappa shape index (κ2) is 4.78. The highest BCUT2D eigenvalue weighted by atomic mass is 15.4. The first-order valence-corrected chi connectivity index (χ1v) is 6.51. The molecule has 1 aromatic heterocycles. The molecular weight excluding hydrogens is 212 g/mol. The van der Waals surface area contributed by atoms with Gasteiger partial charge in [0.15, 0.2) is 0 Å². The number of quaternary nitrogens is 1. The third-order valence-electron chi connectivity index (χ3n) is 3.35. The summed E-state index contributed by atoms with van der Waals surface area (Å²) in [5, 5.41) is 7.85. The maximum absolute atomic E-state index is 4.43. The fourth-order valence-electron chi connectivity index (χ4n) is 2.64. The van der Waals surface area contributed by atoms with E-state index < -0.39 is 0 Å². The molecule has 0 saturated carbocycles. The van der Waals surface area contributed by atoms with Gasteiger partial charge in [-0.1, -0.05) is 13.8 Å². The molecule has 0 radical (unpaired) electrons. The Morgan fingerprint density at radius 1 is 1.47 bits per heavy atom. The topological polar surface area (TPSA) is 29.9 Å².